The van der Waals surface area contributed by atoms with Gasteiger partial charge in [0, 0.05) is 39.0 Å². The van der Waals surface area contributed by atoms with E-state index >= 15 is 0 Å². The van der Waals surface area contributed by atoms with E-state index in [2.05, 4.69) is 0 Å². The molecular formula is C10H18N2O3. The predicted octanol–water partition coefficient (Wildman–Crippen LogP) is -0.550. The van der Waals surface area contributed by atoms with E-state index in [1.54, 1.807) is 9.80 Å². The number of hydrogen-bond acceptors (Lipinski definition) is 3. The summed E-state index contributed by atoms with van der Waals surface area (Å²) >= 11 is 0. The first-order chi connectivity index (χ1) is 7.19. The Morgan fingerprint density at radius 3 is 1.93 bits per heavy atom. The van der Waals surface area contributed by atoms with Crippen LogP contribution in [-0.2, 0) is 9.59 Å². The SMILES string of the molecule is CCC(=O)N1CCN(C(=O)CCO)CC1. The highest BCUT2D eigenvalue weighted by Gasteiger charge is 2.22. The number of piperazine rings is 1. The van der Waals surface area contributed by atoms with Gasteiger partial charge in [-0.05, 0) is 0 Å². The van der Waals surface area contributed by atoms with Crippen LogP contribution in [0, 0.1) is 0 Å². The van der Waals surface area contributed by atoms with E-state index in [1.807, 2.05) is 6.92 Å². The highest BCUT2D eigenvalue weighted by atomic mass is 16.3. The Labute approximate surface area is 89.7 Å². The van der Waals surface area contributed by atoms with Gasteiger partial charge in [0.25, 0.3) is 0 Å². The Hall–Kier alpha value is -1.10. The average molecular weight is 214 g/mol. The fourth-order valence-electron chi connectivity index (χ4n) is 1.68. The van der Waals surface area contributed by atoms with E-state index < -0.39 is 0 Å². The van der Waals surface area contributed by atoms with Crippen LogP contribution in [0.2, 0.25) is 0 Å². The number of rotatable bonds is 3. The molecule has 0 unspecified atom stereocenters. The summed E-state index contributed by atoms with van der Waals surface area (Å²) in [5.74, 6) is 0.116. The summed E-state index contributed by atoms with van der Waals surface area (Å²) < 4.78 is 0. The maximum absolute atomic E-state index is 11.4. The smallest absolute Gasteiger partial charge is 0.225 e. The average Bonchev–Trinajstić information content (AvgIpc) is 2.28. The van der Waals surface area contributed by atoms with Crippen molar-refractivity contribution in [3.05, 3.63) is 0 Å². The van der Waals surface area contributed by atoms with Gasteiger partial charge in [-0.1, -0.05) is 6.92 Å². The minimum atomic E-state index is -0.104. The minimum Gasteiger partial charge on any atom is -0.396 e. The molecule has 1 fully saturated rings. The number of amides is 2. The molecule has 1 aliphatic rings. The van der Waals surface area contributed by atoms with Gasteiger partial charge in [0.15, 0.2) is 0 Å². The fourth-order valence-corrected chi connectivity index (χ4v) is 1.68. The largest absolute Gasteiger partial charge is 0.396 e. The molecular weight excluding hydrogens is 196 g/mol. The van der Waals surface area contributed by atoms with Gasteiger partial charge in [-0.15, -0.1) is 0 Å². The number of aliphatic hydroxyl groups excluding tert-OH is 1. The molecule has 0 aromatic carbocycles. The molecule has 86 valence electrons. The van der Waals surface area contributed by atoms with Crippen LogP contribution in [0.15, 0.2) is 0 Å². The van der Waals surface area contributed by atoms with E-state index in [-0.39, 0.29) is 24.8 Å². The topological polar surface area (TPSA) is 60.9 Å². The molecule has 0 atom stereocenters. The summed E-state index contributed by atoms with van der Waals surface area (Å²) in [5.41, 5.74) is 0. The van der Waals surface area contributed by atoms with Crippen LogP contribution < -0.4 is 0 Å². The number of carbonyl (C=O) groups is 2. The zero-order chi connectivity index (χ0) is 11.3. The Morgan fingerprint density at radius 2 is 1.53 bits per heavy atom. The molecule has 0 spiro atoms. The van der Waals surface area contributed by atoms with Crippen molar-refractivity contribution in [3.63, 3.8) is 0 Å². The van der Waals surface area contributed by atoms with Gasteiger partial charge >= 0.3 is 0 Å². The maximum atomic E-state index is 11.4. The molecule has 0 aromatic rings. The second-order valence-corrected chi connectivity index (χ2v) is 3.59. The Morgan fingerprint density at radius 1 is 1.07 bits per heavy atom. The molecule has 15 heavy (non-hydrogen) atoms. The van der Waals surface area contributed by atoms with Crippen molar-refractivity contribution in [1.29, 1.82) is 0 Å². The standard InChI is InChI=1S/C10H18N2O3/c1-2-9(14)11-4-6-12(7-5-11)10(15)3-8-13/h13H,2-8H2,1H3. The summed E-state index contributed by atoms with van der Waals surface area (Å²) in [6.45, 7) is 4.14. The molecule has 5 heteroatoms. The molecule has 1 saturated heterocycles. The first kappa shape index (κ1) is 12.0. The lowest BCUT2D eigenvalue weighted by Crippen LogP contribution is -2.50. The lowest BCUT2D eigenvalue weighted by atomic mass is 10.2. The predicted molar refractivity (Wildman–Crippen MR) is 55.2 cm³/mol. The zero-order valence-corrected chi connectivity index (χ0v) is 9.11. The highest BCUT2D eigenvalue weighted by molar-refractivity contribution is 5.78. The van der Waals surface area contributed by atoms with Crippen LogP contribution in [0.25, 0.3) is 0 Å². The monoisotopic (exact) mass is 214 g/mol. The highest BCUT2D eigenvalue weighted by Crippen LogP contribution is 2.05. The zero-order valence-electron chi connectivity index (χ0n) is 9.11. The third-order valence-electron chi connectivity index (χ3n) is 2.61. The molecule has 1 heterocycles. The van der Waals surface area contributed by atoms with Crippen LogP contribution >= 0.6 is 0 Å². The van der Waals surface area contributed by atoms with E-state index in [4.69, 9.17) is 5.11 Å². The lowest BCUT2D eigenvalue weighted by molar-refractivity contribution is -0.139. The summed E-state index contributed by atoms with van der Waals surface area (Å²) in [4.78, 5) is 26.2. The van der Waals surface area contributed by atoms with Gasteiger partial charge in [-0.3, -0.25) is 9.59 Å². The molecule has 0 radical (unpaired) electrons. The van der Waals surface area contributed by atoms with Gasteiger partial charge in [0.2, 0.25) is 11.8 Å². The second kappa shape index (κ2) is 5.70. The Kier molecular flexibility index (Phi) is 4.55. The molecule has 2 amide bonds. The van der Waals surface area contributed by atoms with Gasteiger partial charge in [0.05, 0.1) is 6.61 Å². The fraction of sp³-hybridized carbons (Fsp3) is 0.800. The van der Waals surface area contributed by atoms with Crippen molar-refractivity contribution >= 4 is 11.8 Å². The summed E-state index contributed by atoms with van der Waals surface area (Å²) in [6.07, 6.45) is 0.701. The quantitative estimate of drug-likeness (QED) is 0.685. The van der Waals surface area contributed by atoms with Crippen molar-refractivity contribution in [2.75, 3.05) is 32.8 Å². The molecule has 1 rings (SSSR count). The second-order valence-electron chi connectivity index (χ2n) is 3.59. The van der Waals surface area contributed by atoms with Crippen LogP contribution in [-0.4, -0.2) is 59.5 Å². The van der Waals surface area contributed by atoms with Gasteiger partial charge in [-0.2, -0.15) is 0 Å². The van der Waals surface area contributed by atoms with Crippen LogP contribution in [0.3, 0.4) is 0 Å². The number of hydrogen-bond donors (Lipinski definition) is 1. The molecule has 0 saturated carbocycles. The van der Waals surface area contributed by atoms with Crippen LogP contribution in [0.1, 0.15) is 19.8 Å². The summed E-state index contributed by atoms with van der Waals surface area (Å²) in [7, 11) is 0. The van der Waals surface area contributed by atoms with Crippen molar-refractivity contribution < 1.29 is 14.7 Å². The molecule has 0 aliphatic carbocycles. The van der Waals surface area contributed by atoms with Gasteiger partial charge in [0.1, 0.15) is 0 Å². The number of aliphatic hydroxyl groups is 1. The van der Waals surface area contributed by atoms with Crippen molar-refractivity contribution in [1.82, 2.24) is 9.80 Å². The van der Waals surface area contributed by atoms with E-state index in [9.17, 15) is 9.59 Å². The van der Waals surface area contributed by atoms with Crippen LogP contribution in [0.5, 0.6) is 0 Å². The van der Waals surface area contributed by atoms with Crippen molar-refractivity contribution in [3.8, 4) is 0 Å². The summed E-state index contributed by atoms with van der Waals surface area (Å²) in [5, 5.41) is 8.63. The first-order valence-corrected chi connectivity index (χ1v) is 5.35. The number of carbonyl (C=O) groups excluding carboxylic acids is 2. The Bertz CT molecular complexity index is 235. The van der Waals surface area contributed by atoms with Crippen molar-refractivity contribution in [2.24, 2.45) is 0 Å². The molecule has 1 N–H and O–H groups in total. The molecule has 0 bridgehead atoms. The lowest BCUT2D eigenvalue weighted by Gasteiger charge is -2.34. The molecule has 0 aromatic heterocycles. The molecule has 1 aliphatic heterocycles. The van der Waals surface area contributed by atoms with E-state index in [0.717, 1.165) is 0 Å². The maximum Gasteiger partial charge on any atom is 0.225 e. The number of nitrogens with zero attached hydrogens (tertiary/aromatic N) is 2. The Balaban J connectivity index is 2.35. The van der Waals surface area contributed by atoms with Crippen molar-refractivity contribution in [2.45, 2.75) is 19.8 Å². The third-order valence-corrected chi connectivity index (χ3v) is 2.61. The normalized spacial score (nSPS) is 16.7. The van der Waals surface area contributed by atoms with E-state index in [0.29, 0.717) is 32.6 Å². The van der Waals surface area contributed by atoms with E-state index in [1.165, 1.54) is 0 Å². The molecule has 5 nitrogen and oxygen atoms in total. The first-order valence-electron chi connectivity index (χ1n) is 5.35. The van der Waals surface area contributed by atoms with Gasteiger partial charge < -0.3 is 14.9 Å². The third kappa shape index (κ3) is 3.20. The van der Waals surface area contributed by atoms with Crippen LogP contribution in [0.4, 0.5) is 0 Å². The summed E-state index contributed by atoms with van der Waals surface area (Å²) in [6, 6.07) is 0. The van der Waals surface area contributed by atoms with Gasteiger partial charge in [-0.25, -0.2) is 0 Å². The minimum absolute atomic E-state index is 0.0268.